The van der Waals surface area contributed by atoms with Gasteiger partial charge in [-0.2, -0.15) is 0 Å². The number of hydrogen-bond acceptors (Lipinski definition) is 2. The second-order valence-corrected chi connectivity index (χ2v) is 5.29. The molecule has 0 saturated heterocycles. The van der Waals surface area contributed by atoms with Gasteiger partial charge in [-0.25, -0.2) is 9.18 Å². The van der Waals surface area contributed by atoms with E-state index in [1.807, 2.05) is 0 Å². The van der Waals surface area contributed by atoms with Gasteiger partial charge >= 0.3 is 5.97 Å². The summed E-state index contributed by atoms with van der Waals surface area (Å²) in [5.41, 5.74) is 0.225. The van der Waals surface area contributed by atoms with Gasteiger partial charge < -0.3 is 10.4 Å². The van der Waals surface area contributed by atoms with E-state index in [9.17, 15) is 14.0 Å². The summed E-state index contributed by atoms with van der Waals surface area (Å²) < 4.78 is 13.8. The van der Waals surface area contributed by atoms with Crippen LogP contribution in [-0.2, 0) is 0 Å². The summed E-state index contributed by atoms with van der Waals surface area (Å²) in [5.74, 6) is -2.47. The Hall–Kier alpha value is -1.92. The van der Waals surface area contributed by atoms with Crippen LogP contribution in [0.5, 0.6) is 0 Å². The zero-order valence-corrected chi connectivity index (χ0v) is 12.7. The third kappa shape index (κ3) is 3.40. The van der Waals surface area contributed by atoms with Crippen molar-refractivity contribution in [1.82, 2.24) is 0 Å². The number of aromatic carboxylic acids is 1. The largest absolute Gasteiger partial charge is 0.478 e. The summed E-state index contributed by atoms with van der Waals surface area (Å²) in [7, 11) is 0. The second-order valence-electron chi connectivity index (χ2n) is 4.06. The van der Waals surface area contributed by atoms with E-state index < -0.39 is 17.7 Å². The fraction of sp³-hybridized carbons (Fsp3) is 0. The summed E-state index contributed by atoms with van der Waals surface area (Å²) in [6.45, 7) is 0. The number of amides is 1. The van der Waals surface area contributed by atoms with Crippen molar-refractivity contribution in [3.63, 3.8) is 0 Å². The molecular formula is C14H8BrClFNO3. The Labute approximate surface area is 132 Å². The van der Waals surface area contributed by atoms with E-state index in [1.54, 1.807) is 0 Å². The molecule has 0 fully saturated rings. The van der Waals surface area contributed by atoms with Crippen LogP contribution >= 0.6 is 27.5 Å². The molecule has 21 heavy (non-hydrogen) atoms. The molecule has 2 N–H and O–H groups in total. The average Bonchev–Trinajstić information content (AvgIpc) is 2.43. The van der Waals surface area contributed by atoms with E-state index in [-0.39, 0.29) is 21.8 Å². The van der Waals surface area contributed by atoms with Crippen molar-refractivity contribution in [2.75, 3.05) is 5.32 Å². The van der Waals surface area contributed by atoms with Gasteiger partial charge in [0.1, 0.15) is 5.82 Å². The molecule has 0 bridgehead atoms. The van der Waals surface area contributed by atoms with Gasteiger partial charge in [-0.1, -0.05) is 17.7 Å². The maximum absolute atomic E-state index is 13.3. The molecule has 2 rings (SSSR count). The predicted molar refractivity (Wildman–Crippen MR) is 80.5 cm³/mol. The number of hydrogen-bond donors (Lipinski definition) is 2. The molecule has 1 amide bonds. The Morgan fingerprint density at radius 3 is 2.62 bits per heavy atom. The van der Waals surface area contributed by atoms with Gasteiger partial charge in [0, 0.05) is 4.47 Å². The summed E-state index contributed by atoms with van der Waals surface area (Å²) in [5, 5.41) is 11.1. The number of nitrogens with one attached hydrogen (secondary N) is 1. The third-order valence-electron chi connectivity index (χ3n) is 2.66. The molecule has 0 atom stereocenters. The number of carboxylic acids is 1. The quantitative estimate of drug-likeness (QED) is 0.849. The number of benzene rings is 2. The third-order valence-corrected chi connectivity index (χ3v) is 3.73. The number of anilines is 1. The molecule has 2 aromatic carbocycles. The Kier molecular flexibility index (Phi) is 4.59. The van der Waals surface area contributed by atoms with Crippen LogP contribution < -0.4 is 5.32 Å². The van der Waals surface area contributed by atoms with Crippen LogP contribution in [0, 0.1) is 5.82 Å². The first-order chi connectivity index (χ1) is 9.90. The maximum atomic E-state index is 13.3. The highest BCUT2D eigenvalue weighted by molar-refractivity contribution is 9.10. The second kappa shape index (κ2) is 6.24. The predicted octanol–water partition coefficient (Wildman–Crippen LogP) is 4.19. The van der Waals surface area contributed by atoms with Crippen LogP contribution in [0.1, 0.15) is 20.7 Å². The van der Waals surface area contributed by atoms with Gasteiger partial charge in [0.2, 0.25) is 0 Å². The average molecular weight is 373 g/mol. The van der Waals surface area contributed by atoms with Crippen LogP contribution in [-0.4, -0.2) is 17.0 Å². The summed E-state index contributed by atoms with van der Waals surface area (Å²) in [6.07, 6.45) is 0. The van der Waals surface area contributed by atoms with Crippen LogP contribution in [0.2, 0.25) is 5.02 Å². The first-order valence-corrected chi connectivity index (χ1v) is 6.85. The molecule has 0 aromatic heterocycles. The Balaban J connectivity index is 2.33. The topological polar surface area (TPSA) is 66.4 Å². The molecule has 0 aliphatic carbocycles. The van der Waals surface area contributed by atoms with E-state index in [0.29, 0.717) is 4.47 Å². The number of carbonyl (C=O) groups is 2. The number of carboxylic acid groups (broad SMARTS) is 1. The Bertz CT molecular complexity index is 736. The highest BCUT2D eigenvalue weighted by Gasteiger charge is 2.15. The Morgan fingerprint density at radius 1 is 1.24 bits per heavy atom. The van der Waals surface area contributed by atoms with E-state index in [1.165, 1.54) is 30.3 Å². The minimum Gasteiger partial charge on any atom is -0.478 e. The molecular weight excluding hydrogens is 365 g/mol. The number of carbonyl (C=O) groups excluding carboxylic acids is 1. The van der Waals surface area contributed by atoms with Gasteiger partial charge in [-0.05, 0) is 46.3 Å². The minimum atomic E-state index is -1.12. The molecule has 2 aromatic rings. The molecule has 108 valence electrons. The monoisotopic (exact) mass is 371 g/mol. The highest BCUT2D eigenvalue weighted by Crippen LogP contribution is 2.26. The molecule has 0 spiro atoms. The van der Waals surface area contributed by atoms with E-state index in [0.717, 1.165) is 6.07 Å². The van der Waals surface area contributed by atoms with Crippen LogP contribution in [0.25, 0.3) is 0 Å². The molecule has 0 heterocycles. The number of rotatable bonds is 3. The molecule has 0 radical (unpaired) electrons. The van der Waals surface area contributed by atoms with Crippen LogP contribution in [0.3, 0.4) is 0 Å². The van der Waals surface area contributed by atoms with Crippen molar-refractivity contribution in [1.29, 1.82) is 0 Å². The van der Waals surface area contributed by atoms with Gasteiger partial charge in [0.05, 0.1) is 21.8 Å². The van der Waals surface area contributed by atoms with Gasteiger partial charge in [0.15, 0.2) is 0 Å². The SMILES string of the molecule is O=C(O)c1ccc(Br)c(NC(=O)c2cccc(F)c2Cl)c1. The lowest BCUT2D eigenvalue weighted by Crippen LogP contribution is -2.14. The Morgan fingerprint density at radius 2 is 1.95 bits per heavy atom. The fourth-order valence-corrected chi connectivity index (χ4v) is 2.18. The van der Waals surface area contributed by atoms with Gasteiger partial charge in [-0.15, -0.1) is 0 Å². The van der Waals surface area contributed by atoms with Crippen molar-refractivity contribution in [3.05, 3.63) is 62.8 Å². The van der Waals surface area contributed by atoms with Crippen LogP contribution in [0.4, 0.5) is 10.1 Å². The van der Waals surface area contributed by atoms with Crippen molar-refractivity contribution < 1.29 is 19.1 Å². The maximum Gasteiger partial charge on any atom is 0.335 e. The zero-order valence-electron chi connectivity index (χ0n) is 10.4. The lowest BCUT2D eigenvalue weighted by atomic mass is 10.1. The van der Waals surface area contributed by atoms with Crippen molar-refractivity contribution in [2.24, 2.45) is 0 Å². The van der Waals surface area contributed by atoms with Crippen molar-refractivity contribution in [3.8, 4) is 0 Å². The summed E-state index contributed by atoms with van der Waals surface area (Å²) in [4.78, 5) is 23.0. The minimum absolute atomic E-state index is 0.0128. The van der Waals surface area contributed by atoms with E-state index in [4.69, 9.17) is 16.7 Å². The standard InChI is InChI=1S/C14H8BrClFNO3/c15-9-5-4-7(14(20)21)6-11(9)18-13(19)8-2-1-3-10(17)12(8)16/h1-6H,(H,18,19)(H,20,21). The van der Waals surface area contributed by atoms with E-state index >= 15 is 0 Å². The fourth-order valence-electron chi connectivity index (χ4n) is 1.62. The first kappa shape index (κ1) is 15.5. The molecule has 0 unspecified atom stereocenters. The van der Waals surface area contributed by atoms with Crippen LogP contribution in [0.15, 0.2) is 40.9 Å². The lowest BCUT2D eigenvalue weighted by Gasteiger charge is -2.09. The molecule has 0 aliphatic heterocycles. The zero-order chi connectivity index (χ0) is 15.6. The van der Waals surface area contributed by atoms with Crippen molar-refractivity contribution >= 4 is 45.1 Å². The first-order valence-electron chi connectivity index (χ1n) is 5.68. The van der Waals surface area contributed by atoms with Crippen molar-refractivity contribution in [2.45, 2.75) is 0 Å². The normalized spacial score (nSPS) is 10.2. The van der Waals surface area contributed by atoms with Gasteiger partial charge in [-0.3, -0.25) is 4.79 Å². The van der Waals surface area contributed by atoms with Gasteiger partial charge in [0.25, 0.3) is 5.91 Å². The smallest absolute Gasteiger partial charge is 0.335 e. The summed E-state index contributed by atoms with van der Waals surface area (Å²) >= 11 is 8.93. The highest BCUT2D eigenvalue weighted by atomic mass is 79.9. The van der Waals surface area contributed by atoms with E-state index in [2.05, 4.69) is 21.2 Å². The molecule has 0 saturated carbocycles. The summed E-state index contributed by atoms with van der Waals surface area (Å²) in [6, 6.07) is 8.04. The molecule has 4 nitrogen and oxygen atoms in total. The molecule has 7 heteroatoms. The lowest BCUT2D eigenvalue weighted by molar-refractivity contribution is 0.0696. The number of halogens is 3. The molecule has 0 aliphatic rings.